The molecule has 0 aliphatic carbocycles. The van der Waals surface area contributed by atoms with E-state index in [4.69, 9.17) is 4.74 Å². The van der Waals surface area contributed by atoms with Gasteiger partial charge in [0.15, 0.2) is 12.3 Å². The molecule has 3 aromatic rings. The normalized spacial score (nSPS) is 15.3. The van der Waals surface area contributed by atoms with Gasteiger partial charge >= 0.3 is 0 Å². The topological polar surface area (TPSA) is 73.1 Å². The number of nitrogens with zero attached hydrogens (tertiary/aromatic N) is 5. The summed E-state index contributed by atoms with van der Waals surface area (Å²) in [6.45, 7) is 1.49. The van der Waals surface area contributed by atoms with Crippen molar-refractivity contribution in [3.63, 3.8) is 0 Å². The van der Waals surface area contributed by atoms with E-state index >= 15 is 0 Å². The molecule has 1 amide bonds. The lowest BCUT2D eigenvalue weighted by atomic mass is 9.93. The molecule has 26 heavy (non-hydrogen) atoms. The second kappa shape index (κ2) is 7.11. The van der Waals surface area contributed by atoms with Crippen LogP contribution >= 0.6 is 0 Å². The number of aryl methyl sites for hydroxylation is 1. The van der Waals surface area contributed by atoms with Crippen molar-refractivity contribution in [3.8, 4) is 5.75 Å². The zero-order valence-corrected chi connectivity index (χ0v) is 14.7. The average molecular weight is 351 g/mol. The number of para-hydroxylation sites is 1. The minimum atomic E-state index is 0.0259. The van der Waals surface area contributed by atoms with Gasteiger partial charge in [0.2, 0.25) is 0 Å². The maximum atomic E-state index is 12.4. The van der Waals surface area contributed by atoms with Crippen LogP contribution in [0.15, 0.2) is 42.7 Å². The van der Waals surface area contributed by atoms with Crippen molar-refractivity contribution in [2.45, 2.75) is 18.8 Å². The van der Waals surface area contributed by atoms with Crippen molar-refractivity contribution in [1.29, 1.82) is 0 Å². The summed E-state index contributed by atoms with van der Waals surface area (Å²) in [5.74, 6) is 1.04. The van der Waals surface area contributed by atoms with Crippen molar-refractivity contribution in [3.05, 3.63) is 48.4 Å². The molecule has 7 nitrogen and oxygen atoms in total. The van der Waals surface area contributed by atoms with Crippen molar-refractivity contribution >= 4 is 17.1 Å². The molecule has 0 N–H and O–H groups in total. The van der Waals surface area contributed by atoms with Crippen LogP contribution in [0.5, 0.6) is 5.75 Å². The number of hydrogen-bond donors (Lipinski definition) is 0. The van der Waals surface area contributed by atoms with Gasteiger partial charge in [-0.3, -0.25) is 4.79 Å². The average Bonchev–Trinajstić information content (AvgIpc) is 3.04. The largest absolute Gasteiger partial charge is 0.484 e. The molecule has 1 aromatic carbocycles. The first-order valence-electron chi connectivity index (χ1n) is 8.81. The first kappa shape index (κ1) is 16.5. The maximum absolute atomic E-state index is 12.4. The molecule has 0 radical (unpaired) electrons. The highest BCUT2D eigenvalue weighted by Crippen LogP contribution is 2.30. The van der Waals surface area contributed by atoms with E-state index in [-0.39, 0.29) is 12.5 Å². The van der Waals surface area contributed by atoms with Crippen LogP contribution in [0, 0.1) is 0 Å². The first-order chi connectivity index (χ1) is 12.7. The van der Waals surface area contributed by atoms with E-state index in [1.54, 1.807) is 17.1 Å². The standard InChI is InChI=1S/C19H21N5O2/c1-23-19-18(20-9-10-21-19)17(22-23)14-7-11-24(12-8-14)16(25)13-26-15-5-3-2-4-6-15/h2-6,9-10,14H,7-8,11-13H2,1H3. The number of ether oxygens (including phenoxy) is 1. The van der Waals surface area contributed by atoms with Gasteiger partial charge in [-0.15, -0.1) is 0 Å². The lowest BCUT2D eigenvalue weighted by Gasteiger charge is -2.31. The van der Waals surface area contributed by atoms with E-state index in [0.717, 1.165) is 29.7 Å². The number of fused-ring (bicyclic) bond motifs is 1. The van der Waals surface area contributed by atoms with Crippen molar-refractivity contribution in [2.24, 2.45) is 7.05 Å². The molecule has 2 aromatic heterocycles. The summed E-state index contributed by atoms with van der Waals surface area (Å²) in [4.78, 5) is 23.1. The molecule has 1 aliphatic heterocycles. The Balaban J connectivity index is 1.37. The van der Waals surface area contributed by atoms with E-state index in [2.05, 4.69) is 15.1 Å². The summed E-state index contributed by atoms with van der Waals surface area (Å²) in [5.41, 5.74) is 2.66. The highest BCUT2D eigenvalue weighted by molar-refractivity contribution is 5.78. The van der Waals surface area contributed by atoms with Gasteiger partial charge in [-0.2, -0.15) is 5.10 Å². The summed E-state index contributed by atoms with van der Waals surface area (Å²) < 4.78 is 7.35. The van der Waals surface area contributed by atoms with Gasteiger partial charge in [-0.05, 0) is 25.0 Å². The Bertz CT molecular complexity index is 901. The van der Waals surface area contributed by atoms with Crippen LogP contribution in [-0.2, 0) is 11.8 Å². The van der Waals surface area contributed by atoms with E-state index < -0.39 is 0 Å². The smallest absolute Gasteiger partial charge is 0.260 e. The fourth-order valence-electron chi connectivity index (χ4n) is 3.43. The van der Waals surface area contributed by atoms with Crippen molar-refractivity contribution in [2.75, 3.05) is 19.7 Å². The molecular weight excluding hydrogens is 330 g/mol. The van der Waals surface area contributed by atoms with E-state index in [0.29, 0.717) is 24.8 Å². The molecule has 0 unspecified atom stereocenters. The van der Waals surface area contributed by atoms with Crippen LogP contribution in [0.3, 0.4) is 0 Å². The molecule has 1 saturated heterocycles. The minimum Gasteiger partial charge on any atom is -0.484 e. The van der Waals surface area contributed by atoms with E-state index in [9.17, 15) is 4.79 Å². The lowest BCUT2D eigenvalue weighted by Crippen LogP contribution is -2.40. The Morgan fingerprint density at radius 3 is 2.65 bits per heavy atom. The van der Waals surface area contributed by atoms with Gasteiger partial charge in [0.25, 0.3) is 5.91 Å². The third-order valence-electron chi connectivity index (χ3n) is 4.83. The van der Waals surface area contributed by atoms with Gasteiger partial charge < -0.3 is 9.64 Å². The molecule has 134 valence electrons. The SMILES string of the molecule is Cn1nc(C2CCN(C(=O)COc3ccccc3)CC2)c2nccnc21. The number of hydrogen-bond acceptors (Lipinski definition) is 5. The number of carbonyl (C=O) groups excluding carboxylic acids is 1. The number of rotatable bonds is 4. The highest BCUT2D eigenvalue weighted by atomic mass is 16.5. The van der Waals surface area contributed by atoms with Gasteiger partial charge in [0, 0.05) is 38.4 Å². The van der Waals surface area contributed by atoms with Gasteiger partial charge in [0.1, 0.15) is 11.3 Å². The van der Waals surface area contributed by atoms with Gasteiger partial charge in [0.05, 0.1) is 5.69 Å². The Kier molecular flexibility index (Phi) is 4.51. The van der Waals surface area contributed by atoms with Crippen molar-refractivity contribution in [1.82, 2.24) is 24.6 Å². The number of likely N-dealkylation sites (tertiary alicyclic amines) is 1. The molecule has 0 saturated carbocycles. The Labute approximate surface area is 151 Å². The third-order valence-corrected chi connectivity index (χ3v) is 4.83. The zero-order valence-electron chi connectivity index (χ0n) is 14.7. The number of piperidine rings is 1. The van der Waals surface area contributed by atoms with Crippen LogP contribution in [0.1, 0.15) is 24.5 Å². The quantitative estimate of drug-likeness (QED) is 0.720. The van der Waals surface area contributed by atoms with Crippen molar-refractivity contribution < 1.29 is 9.53 Å². The zero-order chi connectivity index (χ0) is 17.9. The molecule has 1 fully saturated rings. The molecule has 0 bridgehead atoms. The number of aromatic nitrogens is 4. The Hall–Kier alpha value is -2.96. The lowest BCUT2D eigenvalue weighted by molar-refractivity contribution is -0.134. The third kappa shape index (κ3) is 3.24. The Morgan fingerprint density at radius 2 is 1.88 bits per heavy atom. The summed E-state index contributed by atoms with van der Waals surface area (Å²) in [5, 5.41) is 4.62. The van der Waals surface area contributed by atoms with Crippen LogP contribution in [-0.4, -0.2) is 50.3 Å². The molecule has 0 atom stereocenters. The van der Waals surface area contributed by atoms with Crippen LogP contribution < -0.4 is 4.74 Å². The summed E-state index contributed by atoms with van der Waals surface area (Å²) in [6.07, 6.45) is 5.13. The van der Waals surface area contributed by atoms with Crippen LogP contribution in [0.4, 0.5) is 0 Å². The van der Waals surface area contributed by atoms with Gasteiger partial charge in [-0.1, -0.05) is 18.2 Å². The summed E-state index contributed by atoms with van der Waals surface area (Å²) in [7, 11) is 1.89. The molecular formula is C19H21N5O2. The highest BCUT2D eigenvalue weighted by Gasteiger charge is 2.27. The van der Waals surface area contributed by atoms with Crippen LogP contribution in [0.25, 0.3) is 11.2 Å². The molecule has 3 heterocycles. The number of carbonyl (C=O) groups is 1. The van der Waals surface area contributed by atoms with E-state index in [1.165, 1.54) is 0 Å². The maximum Gasteiger partial charge on any atom is 0.260 e. The monoisotopic (exact) mass is 351 g/mol. The first-order valence-corrected chi connectivity index (χ1v) is 8.81. The second-order valence-corrected chi connectivity index (χ2v) is 6.49. The number of amides is 1. The van der Waals surface area contributed by atoms with Gasteiger partial charge in [-0.25, -0.2) is 14.6 Å². The second-order valence-electron chi connectivity index (χ2n) is 6.49. The predicted octanol–water partition coefficient (Wildman–Crippen LogP) is 2.15. The summed E-state index contributed by atoms with van der Waals surface area (Å²) >= 11 is 0. The summed E-state index contributed by atoms with van der Waals surface area (Å²) in [6, 6.07) is 9.42. The molecule has 0 spiro atoms. The van der Waals surface area contributed by atoms with Crippen LogP contribution in [0.2, 0.25) is 0 Å². The van der Waals surface area contributed by atoms with E-state index in [1.807, 2.05) is 42.3 Å². The fourth-order valence-corrected chi connectivity index (χ4v) is 3.43. The fraction of sp³-hybridized carbons (Fsp3) is 0.368. The predicted molar refractivity (Wildman–Crippen MR) is 96.8 cm³/mol. The molecule has 1 aliphatic rings. The number of benzene rings is 1. The minimum absolute atomic E-state index is 0.0259. The molecule has 7 heteroatoms. The molecule has 4 rings (SSSR count). The Morgan fingerprint density at radius 1 is 1.15 bits per heavy atom.